The van der Waals surface area contributed by atoms with Crippen LogP contribution in [-0.2, 0) is 0 Å². The maximum absolute atomic E-state index is 5.75. The normalized spacial score (nSPS) is 19.3. The Balaban J connectivity index is 2.09. The minimum absolute atomic E-state index is 0.338. The summed E-state index contributed by atoms with van der Waals surface area (Å²) in [6.07, 6.45) is 0.998. The predicted molar refractivity (Wildman–Crippen MR) is 86.2 cm³/mol. The molecule has 2 rings (SSSR count). The van der Waals surface area contributed by atoms with Crippen LogP contribution in [0.25, 0.3) is 0 Å². The Labute approximate surface area is 128 Å². The summed E-state index contributed by atoms with van der Waals surface area (Å²) in [7, 11) is 6.00. The minimum Gasteiger partial charge on any atom is -0.497 e. The van der Waals surface area contributed by atoms with Gasteiger partial charge in [0.2, 0.25) is 0 Å². The van der Waals surface area contributed by atoms with Gasteiger partial charge in [-0.05, 0) is 38.2 Å². The molecule has 0 aromatic heterocycles. The summed E-state index contributed by atoms with van der Waals surface area (Å²) in [4.78, 5) is 2.30. The third kappa shape index (κ3) is 3.89. The molecule has 118 valence electrons. The van der Waals surface area contributed by atoms with Crippen molar-refractivity contribution < 1.29 is 9.47 Å². The first-order valence-electron chi connectivity index (χ1n) is 7.73. The predicted octanol–water partition coefficient (Wildman–Crippen LogP) is 2.69. The molecule has 0 saturated heterocycles. The number of benzene rings is 1. The summed E-state index contributed by atoms with van der Waals surface area (Å²) in [5.74, 6) is 2.49. The van der Waals surface area contributed by atoms with Crippen molar-refractivity contribution in [1.29, 1.82) is 0 Å². The van der Waals surface area contributed by atoms with Gasteiger partial charge in [0.1, 0.15) is 11.5 Å². The third-order valence-electron chi connectivity index (χ3n) is 4.26. The topological polar surface area (TPSA) is 33.7 Å². The fourth-order valence-corrected chi connectivity index (χ4v) is 2.99. The Morgan fingerprint density at radius 2 is 2.14 bits per heavy atom. The zero-order chi connectivity index (χ0) is 15.4. The van der Waals surface area contributed by atoms with E-state index in [2.05, 4.69) is 44.2 Å². The van der Waals surface area contributed by atoms with Crippen LogP contribution in [-0.4, -0.2) is 45.3 Å². The summed E-state index contributed by atoms with van der Waals surface area (Å²) >= 11 is 0. The fourth-order valence-electron chi connectivity index (χ4n) is 2.99. The van der Waals surface area contributed by atoms with Gasteiger partial charge in [-0.1, -0.05) is 13.8 Å². The average Bonchev–Trinajstić information content (AvgIpc) is 2.46. The lowest BCUT2D eigenvalue weighted by atomic mass is 9.98. The van der Waals surface area contributed by atoms with Gasteiger partial charge in [-0.15, -0.1) is 0 Å². The number of nitrogens with zero attached hydrogens (tertiary/aromatic N) is 1. The number of rotatable bonds is 6. The first-order valence-corrected chi connectivity index (χ1v) is 7.73. The van der Waals surface area contributed by atoms with Gasteiger partial charge in [-0.3, -0.25) is 0 Å². The maximum atomic E-state index is 5.75. The van der Waals surface area contributed by atoms with Crippen LogP contribution in [0.5, 0.6) is 11.5 Å². The van der Waals surface area contributed by atoms with E-state index in [1.807, 2.05) is 12.1 Å². The number of nitrogens with one attached hydrogen (secondary N) is 1. The van der Waals surface area contributed by atoms with E-state index in [9.17, 15) is 0 Å². The van der Waals surface area contributed by atoms with E-state index < -0.39 is 0 Å². The lowest BCUT2D eigenvalue weighted by molar-refractivity contribution is 0.202. The Kier molecular flexibility index (Phi) is 5.48. The standard InChI is InChI=1S/C17H28N2O2/c1-12(2)16(19(3)4)11-18-15-8-9-21-17-7-6-13(20-5)10-14(15)17/h6-7,10,12,15-16,18H,8-9,11H2,1-5H3. The molecular weight excluding hydrogens is 264 g/mol. The molecule has 2 atom stereocenters. The minimum atomic E-state index is 0.338. The summed E-state index contributed by atoms with van der Waals surface area (Å²) < 4.78 is 11.1. The van der Waals surface area contributed by atoms with Gasteiger partial charge in [0.15, 0.2) is 0 Å². The molecule has 21 heavy (non-hydrogen) atoms. The number of methoxy groups -OCH3 is 1. The molecule has 0 fully saturated rings. The van der Waals surface area contributed by atoms with Crippen LogP contribution in [0, 0.1) is 5.92 Å². The molecule has 1 aliphatic rings. The molecule has 4 nitrogen and oxygen atoms in total. The second kappa shape index (κ2) is 7.14. The summed E-state index contributed by atoms with van der Waals surface area (Å²) in [5, 5.41) is 3.71. The van der Waals surface area contributed by atoms with Crippen molar-refractivity contribution in [2.24, 2.45) is 5.92 Å². The van der Waals surface area contributed by atoms with Gasteiger partial charge < -0.3 is 19.7 Å². The summed E-state index contributed by atoms with van der Waals surface area (Å²) in [5.41, 5.74) is 1.21. The summed E-state index contributed by atoms with van der Waals surface area (Å²) in [6.45, 7) is 6.29. The van der Waals surface area contributed by atoms with Crippen LogP contribution in [0.3, 0.4) is 0 Å². The number of hydrogen-bond donors (Lipinski definition) is 1. The van der Waals surface area contributed by atoms with Gasteiger partial charge in [0, 0.05) is 30.6 Å². The van der Waals surface area contributed by atoms with Crippen molar-refractivity contribution in [2.45, 2.75) is 32.4 Å². The largest absolute Gasteiger partial charge is 0.497 e. The highest BCUT2D eigenvalue weighted by Gasteiger charge is 2.24. The number of hydrogen-bond acceptors (Lipinski definition) is 4. The molecule has 2 unspecified atom stereocenters. The first kappa shape index (κ1) is 16.1. The molecule has 0 radical (unpaired) electrons. The Hall–Kier alpha value is -1.26. The molecule has 0 aliphatic carbocycles. The van der Waals surface area contributed by atoms with E-state index >= 15 is 0 Å². The van der Waals surface area contributed by atoms with Gasteiger partial charge >= 0.3 is 0 Å². The van der Waals surface area contributed by atoms with Gasteiger partial charge in [-0.25, -0.2) is 0 Å². The maximum Gasteiger partial charge on any atom is 0.124 e. The highest BCUT2D eigenvalue weighted by atomic mass is 16.5. The van der Waals surface area contributed by atoms with E-state index in [0.717, 1.165) is 31.1 Å². The van der Waals surface area contributed by atoms with E-state index in [1.165, 1.54) is 5.56 Å². The SMILES string of the molecule is COc1ccc2c(c1)C(NCC(C(C)C)N(C)C)CCO2. The lowest BCUT2D eigenvalue weighted by Crippen LogP contribution is -2.43. The molecule has 1 N–H and O–H groups in total. The number of ether oxygens (including phenoxy) is 2. The smallest absolute Gasteiger partial charge is 0.124 e. The molecule has 4 heteroatoms. The number of likely N-dealkylation sites (N-methyl/N-ethyl adjacent to an activating group) is 1. The van der Waals surface area contributed by atoms with Crippen molar-refractivity contribution in [3.05, 3.63) is 23.8 Å². The van der Waals surface area contributed by atoms with E-state index in [1.54, 1.807) is 7.11 Å². The molecule has 1 aromatic carbocycles. The van der Waals surface area contributed by atoms with Crippen LogP contribution in [0.1, 0.15) is 31.9 Å². The van der Waals surface area contributed by atoms with Crippen molar-refractivity contribution in [3.63, 3.8) is 0 Å². The third-order valence-corrected chi connectivity index (χ3v) is 4.26. The van der Waals surface area contributed by atoms with Crippen molar-refractivity contribution >= 4 is 0 Å². The van der Waals surface area contributed by atoms with Crippen LogP contribution in [0.4, 0.5) is 0 Å². The average molecular weight is 292 g/mol. The van der Waals surface area contributed by atoms with Gasteiger partial charge in [0.25, 0.3) is 0 Å². The highest BCUT2D eigenvalue weighted by Crippen LogP contribution is 2.34. The Bertz CT molecular complexity index is 452. The van der Waals surface area contributed by atoms with E-state index in [0.29, 0.717) is 18.0 Å². The van der Waals surface area contributed by atoms with Crippen molar-refractivity contribution in [2.75, 3.05) is 34.4 Å². The number of fused-ring (bicyclic) bond motifs is 1. The van der Waals surface area contributed by atoms with Crippen LogP contribution in [0.2, 0.25) is 0 Å². The second-order valence-corrected chi connectivity index (χ2v) is 6.28. The quantitative estimate of drug-likeness (QED) is 0.874. The van der Waals surface area contributed by atoms with Gasteiger partial charge in [-0.2, -0.15) is 0 Å². The Morgan fingerprint density at radius 1 is 1.38 bits per heavy atom. The summed E-state index contributed by atoms with van der Waals surface area (Å²) in [6, 6.07) is 6.92. The van der Waals surface area contributed by atoms with Gasteiger partial charge in [0.05, 0.1) is 13.7 Å². The molecular formula is C17H28N2O2. The van der Waals surface area contributed by atoms with Crippen LogP contribution >= 0.6 is 0 Å². The molecule has 0 amide bonds. The second-order valence-electron chi connectivity index (χ2n) is 6.28. The van der Waals surface area contributed by atoms with E-state index in [4.69, 9.17) is 9.47 Å². The molecule has 1 heterocycles. The molecule has 1 aromatic rings. The van der Waals surface area contributed by atoms with Crippen LogP contribution < -0.4 is 14.8 Å². The van der Waals surface area contributed by atoms with Crippen LogP contribution in [0.15, 0.2) is 18.2 Å². The van der Waals surface area contributed by atoms with E-state index in [-0.39, 0.29) is 0 Å². The molecule has 0 saturated carbocycles. The molecule has 1 aliphatic heterocycles. The van der Waals surface area contributed by atoms with Crippen molar-refractivity contribution in [1.82, 2.24) is 10.2 Å². The lowest BCUT2D eigenvalue weighted by Gasteiger charge is -2.32. The zero-order valence-corrected chi connectivity index (χ0v) is 13.8. The monoisotopic (exact) mass is 292 g/mol. The molecule has 0 spiro atoms. The first-order chi connectivity index (χ1) is 10.0. The highest BCUT2D eigenvalue weighted by molar-refractivity contribution is 5.43. The van der Waals surface area contributed by atoms with Crippen molar-refractivity contribution in [3.8, 4) is 11.5 Å². The fraction of sp³-hybridized carbons (Fsp3) is 0.647. The Morgan fingerprint density at radius 3 is 2.76 bits per heavy atom. The molecule has 0 bridgehead atoms. The zero-order valence-electron chi connectivity index (χ0n) is 13.8.